The van der Waals surface area contributed by atoms with E-state index in [0.29, 0.717) is 36.8 Å². The SMILES string of the molecule is O=C(CSc1ccc2c(c1)OCCO2)Nc1ccccc1C(=O)NCc1ccccc1. The van der Waals surface area contributed by atoms with E-state index in [1.54, 1.807) is 24.3 Å². The first-order valence-electron chi connectivity index (χ1n) is 9.92. The van der Waals surface area contributed by atoms with Crippen LogP contribution in [-0.2, 0) is 11.3 Å². The lowest BCUT2D eigenvalue weighted by Gasteiger charge is -2.18. The Bertz CT molecular complexity index is 1070. The Morgan fingerprint density at radius 1 is 0.871 bits per heavy atom. The summed E-state index contributed by atoms with van der Waals surface area (Å²) >= 11 is 1.39. The molecule has 158 valence electrons. The van der Waals surface area contributed by atoms with E-state index in [-0.39, 0.29) is 17.6 Å². The van der Waals surface area contributed by atoms with Crippen molar-refractivity contribution in [3.8, 4) is 11.5 Å². The highest BCUT2D eigenvalue weighted by molar-refractivity contribution is 8.00. The highest BCUT2D eigenvalue weighted by atomic mass is 32.2. The van der Waals surface area contributed by atoms with Crippen molar-refractivity contribution >= 4 is 29.3 Å². The fraction of sp³-hybridized carbons (Fsp3) is 0.167. The summed E-state index contributed by atoms with van der Waals surface area (Å²) in [6, 6.07) is 22.3. The smallest absolute Gasteiger partial charge is 0.253 e. The van der Waals surface area contributed by atoms with Gasteiger partial charge in [-0.25, -0.2) is 0 Å². The third-order valence-corrected chi connectivity index (χ3v) is 5.62. The number of benzene rings is 3. The quantitative estimate of drug-likeness (QED) is 0.547. The van der Waals surface area contributed by atoms with E-state index >= 15 is 0 Å². The summed E-state index contributed by atoms with van der Waals surface area (Å²) in [4.78, 5) is 26.1. The van der Waals surface area contributed by atoms with Crippen LogP contribution in [0.25, 0.3) is 0 Å². The molecule has 0 unspecified atom stereocenters. The molecule has 1 aliphatic heterocycles. The minimum absolute atomic E-state index is 0.191. The number of nitrogens with one attached hydrogen (secondary N) is 2. The highest BCUT2D eigenvalue weighted by Crippen LogP contribution is 2.34. The Kier molecular flexibility index (Phi) is 6.74. The number of anilines is 1. The van der Waals surface area contributed by atoms with Crippen molar-refractivity contribution in [3.05, 3.63) is 83.9 Å². The van der Waals surface area contributed by atoms with Gasteiger partial charge in [0.05, 0.1) is 17.0 Å². The molecule has 2 N–H and O–H groups in total. The van der Waals surface area contributed by atoms with Crippen molar-refractivity contribution in [1.82, 2.24) is 5.32 Å². The predicted octanol–water partition coefficient (Wildman–Crippen LogP) is 4.12. The normalized spacial score (nSPS) is 12.1. The van der Waals surface area contributed by atoms with Gasteiger partial charge >= 0.3 is 0 Å². The molecule has 7 heteroatoms. The number of para-hydroxylation sites is 1. The first-order valence-corrected chi connectivity index (χ1v) is 10.9. The Balaban J connectivity index is 1.34. The molecule has 1 heterocycles. The van der Waals surface area contributed by atoms with Crippen molar-refractivity contribution in [2.75, 3.05) is 24.3 Å². The molecule has 4 rings (SSSR count). The topological polar surface area (TPSA) is 76.7 Å². The zero-order valence-corrected chi connectivity index (χ0v) is 17.6. The molecule has 0 radical (unpaired) electrons. The summed E-state index contributed by atoms with van der Waals surface area (Å²) in [5.41, 5.74) is 1.92. The molecule has 3 aromatic rings. The maximum absolute atomic E-state index is 12.6. The fourth-order valence-corrected chi connectivity index (χ4v) is 3.84. The van der Waals surface area contributed by atoms with Gasteiger partial charge in [0.2, 0.25) is 5.91 Å². The number of hydrogen-bond acceptors (Lipinski definition) is 5. The predicted molar refractivity (Wildman–Crippen MR) is 121 cm³/mol. The molecule has 0 fully saturated rings. The van der Waals surface area contributed by atoms with E-state index in [1.807, 2.05) is 48.5 Å². The molecule has 0 bridgehead atoms. The van der Waals surface area contributed by atoms with E-state index in [4.69, 9.17) is 9.47 Å². The summed E-state index contributed by atoms with van der Waals surface area (Å²) in [6.07, 6.45) is 0. The molecule has 0 spiro atoms. The molecular formula is C24H22N2O4S. The zero-order valence-electron chi connectivity index (χ0n) is 16.8. The number of carbonyl (C=O) groups is 2. The molecule has 0 aromatic heterocycles. The summed E-state index contributed by atoms with van der Waals surface area (Å²) in [7, 11) is 0. The number of thioether (sulfide) groups is 1. The Labute approximate surface area is 185 Å². The lowest BCUT2D eigenvalue weighted by molar-refractivity contribution is -0.113. The molecule has 31 heavy (non-hydrogen) atoms. The second-order valence-corrected chi connectivity index (χ2v) is 7.90. The van der Waals surface area contributed by atoms with Gasteiger partial charge in [0.15, 0.2) is 11.5 Å². The van der Waals surface area contributed by atoms with Crippen LogP contribution < -0.4 is 20.1 Å². The number of rotatable bonds is 7. The molecule has 0 atom stereocenters. The van der Waals surface area contributed by atoms with Crippen molar-refractivity contribution in [2.24, 2.45) is 0 Å². The van der Waals surface area contributed by atoms with Crippen LogP contribution in [0.1, 0.15) is 15.9 Å². The van der Waals surface area contributed by atoms with Crippen LogP contribution in [0.4, 0.5) is 5.69 Å². The lowest BCUT2D eigenvalue weighted by atomic mass is 10.1. The van der Waals surface area contributed by atoms with Gasteiger partial charge in [-0.3, -0.25) is 9.59 Å². The Morgan fingerprint density at radius 2 is 1.61 bits per heavy atom. The molecule has 0 saturated heterocycles. The van der Waals surface area contributed by atoms with Gasteiger partial charge in [0, 0.05) is 11.4 Å². The summed E-state index contributed by atoms with van der Waals surface area (Å²) in [6.45, 7) is 1.48. The number of carbonyl (C=O) groups excluding carboxylic acids is 2. The number of amides is 2. The summed E-state index contributed by atoms with van der Waals surface area (Å²) < 4.78 is 11.1. The molecule has 0 saturated carbocycles. The maximum atomic E-state index is 12.6. The largest absolute Gasteiger partial charge is 0.486 e. The van der Waals surface area contributed by atoms with Crippen molar-refractivity contribution < 1.29 is 19.1 Å². The molecule has 3 aromatic carbocycles. The minimum atomic E-state index is -0.237. The monoisotopic (exact) mass is 434 g/mol. The number of hydrogen-bond donors (Lipinski definition) is 2. The van der Waals surface area contributed by atoms with Gasteiger partial charge in [0.25, 0.3) is 5.91 Å². The van der Waals surface area contributed by atoms with E-state index in [9.17, 15) is 9.59 Å². The summed E-state index contributed by atoms with van der Waals surface area (Å²) in [5.74, 6) is 1.19. The standard InChI is InChI=1S/C24H22N2O4S/c27-23(16-31-18-10-11-21-22(14-18)30-13-12-29-21)26-20-9-5-4-8-19(20)24(28)25-15-17-6-2-1-3-7-17/h1-11,14H,12-13,15-16H2,(H,25,28)(H,26,27). The highest BCUT2D eigenvalue weighted by Gasteiger charge is 2.15. The van der Waals surface area contributed by atoms with Crippen LogP contribution in [0, 0.1) is 0 Å². The van der Waals surface area contributed by atoms with Crippen molar-refractivity contribution in [3.63, 3.8) is 0 Å². The van der Waals surface area contributed by atoms with Gasteiger partial charge in [-0.2, -0.15) is 0 Å². The van der Waals surface area contributed by atoms with Gasteiger partial charge in [-0.1, -0.05) is 42.5 Å². The van der Waals surface area contributed by atoms with Crippen molar-refractivity contribution in [2.45, 2.75) is 11.4 Å². The lowest BCUT2D eigenvalue weighted by Crippen LogP contribution is -2.25. The third kappa shape index (κ3) is 5.58. The van der Waals surface area contributed by atoms with Gasteiger partial charge in [-0.05, 0) is 35.9 Å². The van der Waals surface area contributed by atoms with Gasteiger partial charge < -0.3 is 20.1 Å². The van der Waals surface area contributed by atoms with Crippen LogP contribution in [-0.4, -0.2) is 30.8 Å². The first kappa shape index (κ1) is 20.8. The van der Waals surface area contributed by atoms with Crippen LogP contribution in [0.2, 0.25) is 0 Å². The Hall–Kier alpha value is -3.45. The Morgan fingerprint density at radius 3 is 2.45 bits per heavy atom. The number of fused-ring (bicyclic) bond motifs is 1. The van der Waals surface area contributed by atoms with Gasteiger partial charge in [-0.15, -0.1) is 11.8 Å². The second-order valence-electron chi connectivity index (χ2n) is 6.86. The van der Waals surface area contributed by atoms with Crippen molar-refractivity contribution in [1.29, 1.82) is 0 Å². The fourth-order valence-electron chi connectivity index (χ4n) is 3.11. The molecule has 6 nitrogen and oxygen atoms in total. The average Bonchev–Trinajstić information content (AvgIpc) is 2.82. The zero-order chi connectivity index (χ0) is 21.5. The van der Waals surface area contributed by atoms with E-state index < -0.39 is 0 Å². The molecular weight excluding hydrogens is 412 g/mol. The van der Waals surface area contributed by atoms with E-state index in [2.05, 4.69) is 10.6 Å². The minimum Gasteiger partial charge on any atom is -0.486 e. The molecule has 2 amide bonds. The maximum Gasteiger partial charge on any atom is 0.253 e. The average molecular weight is 435 g/mol. The van der Waals surface area contributed by atoms with Crippen LogP contribution in [0.3, 0.4) is 0 Å². The first-order chi connectivity index (χ1) is 15.2. The molecule has 1 aliphatic rings. The van der Waals surface area contributed by atoms with Crippen LogP contribution >= 0.6 is 11.8 Å². The van der Waals surface area contributed by atoms with Gasteiger partial charge in [0.1, 0.15) is 13.2 Å². The van der Waals surface area contributed by atoms with E-state index in [1.165, 1.54) is 11.8 Å². The van der Waals surface area contributed by atoms with E-state index in [0.717, 1.165) is 16.2 Å². The summed E-state index contributed by atoms with van der Waals surface area (Å²) in [5, 5.41) is 5.74. The number of ether oxygens (including phenoxy) is 2. The van der Waals surface area contributed by atoms with Crippen LogP contribution in [0.15, 0.2) is 77.7 Å². The third-order valence-electron chi connectivity index (χ3n) is 4.63. The molecule has 0 aliphatic carbocycles. The van der Waals surface area contributed by atoms with Crippen LogP contribution in [0.5, 0.6) is 11.5 Å². The second kappa shape index (κ2) is 10.0.